The number of allylic oxidation sites excluding steroid dienone is 1. The Balaban J connectivity index is 3.11. The van der Waals surface area contributed by atoms with E-state index >= 15 is 0 Å². The number of carbonyl (C=O) groups excluding carboxylic acids is 1. The summed E-state index contributed by atoms with van der Waals surface area (Å²) in [6.45, 7) is 0. The van der Waals surface area contributed by atoms with Crippen LogP contribution < -0.4 is 0 Å². The summed E-state index contributed by atoms with van der Waals surface area (Å²) in [5.41, 5.74) is 0.431. The summed E-state index contributed by atoms with van der Waals surface area (Å²) < 4.78 is 0. The average molecular weight is 177 g/mol. The van der Waals surface area contributed by atoms with Crippen LogP contribution in [0.1, 0.15) is 5.56 Å². The molecule has 0 aliphatic heterocycles. The first-order valence-corrected chi connectivity index (χ1v) is 3.61. The number of para-hydroxylation sites is 1. The zero-order valence-corrected chi connectivity index (χ0v) is 6.71. The van der Waals surface area contributed by atoms with E-state index < -0.39 is 4.92 Å². The van der Waals surface area contributed by atoms with E-state index in [0.29, 0.717) is 11.8 Å². The third-order valence-electron chi connectivity index (χ3n) is 1.49. The molecule has 0 atom stereocenters. The van der Waals surface area contributed by atoms with E-state index in [-0.39, 0.29) is 5.69 Å². The Hall–Kier alpha value is -1.97. The molecule has 0 radical (unpaired) electrons. The smallest absolute Gasteiger partial charge is 0.276 e. The SMILES string of the molecule is O=C/C=C\c1ccccc1[N+](=O)[O-]. The van der Waals surface area contributed by atoms with Crippen LogP contribution in [0.5, 0.6) is 0 Å². The second kappa shape index (κ2) is 4.15. The van der Waals surface area contributed by atoms with Crippen molar-refractivity contribution in [3.05, 3.63) is 46.0 Å². The first-order valence-electron chi connectivity index (χ1n) is 3.61. The lowest BCUT2D eigenvalue weighted by Crippen LogP contribution is -1.90. The normalized spacial score (nSPS) is 10.2. The van der Waals surface area contributed by atoms with Gasteiger partial charge in [0.25, 0.3) is 5.69 Å². The van der Waals surface area contributed by atoms with Gasteiger partial charge in [-0.15, -0.1) is 0 Å². The number of carbonyl (C=O) groups is 1. The summed E-state index contributed by atoms with van der Waals surface area (Å²) in [7, 11) is 0. The zero-order chi connectivity index (χ0) is 9.68. The molecule has 1 aromatic rings. The van der Waals surface area contributed by atoms with Crippen LogP contribution in [0.25, 0.3) is 6.08 Å². The molecule has 0 spiro atoms. The molecule has 0 unspecified atom stereocenters. The average Bonchev–Trinajstić information content (AvgIpc) is 2.15. The van der Waals surface area contributed by atoms with Crippen molar-refractivity contribution in [2.24, 2.45) is 0 Å². The largest absolute Gasteiger partial charge is 0.299 e. The molecule has 0 bridgehead atoms. The predicted octanol–water partition coefficient (Wildman–Crippen LogP) is 1.81. The standard InChI is InChI=1S/C9H7NO3/c11-7-3-5-8-4-1-2-6-9(8)10(12)13/h1-7H/b5-3-. The Bertz CT molecular complexity index is 358. The maximum atomic E-state index is 10.5. The lowest BCUT2D eigenvalue weighted by atomic mass is 10.2. The molecule has 1 rings (SSSR count). The highest BCUT2D eigenvalue weighted by atomic mass is 16.6. The van der Waals surface area contributed by atoms with Gasteiger partial charge in [0.1, 0.15) is 6.29 Å². The van der Waals surface area contributed by atoms with Gasteiger partial charge in [0.2, 0.25) is 0 Å². The number of benzene rings is 1. The number of hydrogen-bond donors (Lipinski definition) is 0. The van der Waals surface area contributed by atoms with Crippen LogP contribution in [0.15, 0.2) is 30.3 Å². The molecule has 0 saturated heterocycles. The van der Waals surface area contributed by atoms with Gasteiger partial charge in [-0.2, -0.15) is 0 Å². The predicted molar refractivity (Wildman–Crippen MR) is 48.2 cm³/mol. The monoisotopic (exact) mass is 177 g/mol. The zero-order valence-electron chi connectivity index (χ0n) is 6.71. The van der Waals surface area contributed by atoms with Crippen molar-refractivity contribution in [3.63, 3.8) is 0 Å². The number of aldehydes is 1. The van der Waals surface area contributed by atoms with Crippen molar-refractivity contribution in [1.29, 1.82) is 0 Å². The minimum atomic E-state index is -0.482. The van der Waals surface area contributed by atoms with E-state index in [1.54, 1.807) is 18.2 Å². The molecule has 0 aliphatic carbocycles. The molecule has 0 fully saturated rings. The number of hydrogen-bond acceptors (Lipinski definition) is 3. The van der Waals surface area contributed by atoms with E-state index in [2.05, 4.69) is 0 Å². The molecule has 0 aliphatic rings. The Morgan fingerprint density at radius 2 is 2.00 bits per heavy atom. The van der Waals surface area contributed by atoms with E-state index in [1.807, 2.05) is 0 Å². The molecule has 0 amide bonds. The van der Waals surface area contributed by atoms with Crippen LogP contribution in [0.4, 0.5) is 5.69 Å². The first kappa shape index (κ1) is 9.12. The van der Waals surface area contributed by atoms with Gasteiger partial charge < -0.3 is 0 Å². The van der Waals surface area contributed by atoms with Crippen LogP contribution >= 0.6 is 0 Å². The Labute approximate surface area is 74.7 Å². The number of nitrogens with zero attached hydrogens (tertiary/aromatic N) is 1. The van der Waals surface area contributed by atoms with Crippen LogP contribution in [0.3, 0.4) is 0 Å². The van der Waals surface area contributed by atoms with Crippen LogP contribution in [0.2, 0.25) is 0 Å². The lowest BCUT2D eigenvalue weighted by molar-refractivity contribution is -0.385. The summed E-state index contributed by atoms with van der Waals surface area (Å²) in [5.74, 6) is 0. The summed E-state index contributed by atoms with van der Waals surface area (Å²) in [6.07, 6.45) is 3.21. The highest BCUT2D eigenvalue weighted by Gasteiger charge is 2.08. The molecular weight excluding hydrogens is 170 g/mol. The van der Waals surface area contributed by atoms with Crippen molar-refractivity contribution < 1.29 is 9.72 Å². The molecule has 66 valence electrons. The van der Waals surface area contributed by atoms with Gasteiger partial charge in [0.15, 0.2) is 0 Å². The molecular formula is C9H7NO3. The molecule has 0 heterocycles. The quantitative estimate of drug-likeness (QED) is 0.306. The van der Waals surface area contributed by atoms with Crippen molar-refractivity contribution in [1.82, 2.24) is 0 Å². The van der Waals surface area contributed by atoms with E-state index in [1.165, 1.54) is 18.2 Å². The van der Waals surface area contributed by atoms with Gasteiger partial charge in [-0.05, 0) is 18.2 Å². The molecule has 0 saturated carbocycles. The third kappa shape index (κ3) is 2.23. The fraction of sp³-hybridized carbons (Fsp3) is 0. The third-order valence-corrected chi connectivity index (χ3v) is 1.49. The minimum Gasteiger partial charge on any atom is -0.299 e. The van der Waals surface area contributed by atoms with Crippen LogP contribution in [-0.2, 0) is 4.79 Å². The number of rotatable bonds is 3. The second-order valence-corrected chi connectivity index (χ2v) is 2.31. The van der Waals surface area contributed by atoms with Gasteiger partial charge in [-0.1, -0.05) is 12.1 Å². The topological polar surface area (TPSA) is 60.2 Å². The highest BCUT2D eigenvalue weighted by Crippen LogP contribution is 2.18. The fourth-order valence-electron chi connectivity index (χ4n) is 0.938. The summed E-state index contributed by atoms with van der Waals surface area (Å²) in [4.78, 5) is 20.0. The van der Waals surface area contributed by atoms with Gasteiger partial charge in [-0.3, -0.25) is 14.9 Å². The van der Waals surface area contributed by atoms with Crippen LogP contribution in [0, 0.1) is 10.1 Å². The highest BCUT2D eigenvalue weighted by molar-refractivity contribution is 5.76. The Morgan fingerprint density at radius 3 is 2.62 bits per heavy atom. The molecule has 0 N–H and O–H groups in total. The number of nitro groups is 1. The number of nitro benzene ring substituents is 1. The van der Waals surface area contributed by atoms with Crippen LogP contribution in [-0.4, -0.2) is 11.2 Å². The minimum absolute atomic E-state index is 0.000556. The maximum Gasteiger partial charge on any atom is 0.276 e. The molecule has 4 nitrogen and oxygen atoms in total. The van der Waals surface area contributed by atoms with E-state index in [9.17, 15) is 14.9 Å². The fourth-order valence-corrected chi connectivity index (χ4v) is 0.938. The molecule has 4 heteroatoms. The summed E-state index contributed by atoms with van der Waals surface area (Å²) >= 11 is 0. The molecule has 0 aromatic heterocycles. The molecule has 1 aromatic carbocycles. The van der Waals surface area contributed by atoms with Gasteiger partial charge in [0, 0.05) is 6.07 Å². The van der Waals surface area contributed by atoms with Crippen molar-refractivity contribution in [2.45, 2.75) is 0 Å². The molecule has 13 heavy (non-hydrogen) atoms. The maximum absolute atomic E-state index is 10.5. The Kier molecular flexibility index (Phi) is 2.92. The summed E-state index contributed by atoms with van der Waals surface area (Å²) in [5, 5.41) is 10.5. The Morgan fingerprint density at radius 1 is 1.31 bits per heavy atom. The van der Waals surface area contributed by atoms with Crippen molar-refractivity contribution in [3.8, 4) is 0 Å². The van der Waals surface area contributed by atoms with E-state index in [0.717, 1.165) is 0 Å². The lowest BCUT2D eigenvalue weighted by Gasteiger charge is -1.94. The second-order valence-electron chi connectivity index (χ2n) is 2.31. The van der Waals surface area contributed by atoms with E-state index in [4.69, 9.17) is 0 Å². The van der Waals surface area contributed by atoms with Gasteiger partial charge in [0.05, 0.1) is 10.5 Å². The first-order chi connectivity index (χ1) is 6.25. The van der Waals surface area contributed by atoms with Gasteiger partial charge in [-0.25, -0.2) is 0 Å². The van der Waals surface area contributed by atoms with Crippen molar-refractivity contribution >= 4 is 18.0 Å². The van der Waals surface area contributed by atoms with Gasteiger partial charge >= 0.3 is 0 Å². The van der Waals surface area contributed by atoms with Crippen molar-refractivity contribution in [2.75, 3.05) is 0 Å². The summed E-state index contributed by atoms with van der Waals surface area (Å²) in [6, 6.07) is 6.23.